The molecule has 0 radical (unpaired) electrons. The number of phenolic OH excluding ortho intramolecular Hbond substituents is 1. The third kappa shape index (κ3) is 2.72. The van der Waals surface area contributed by atoms with Crippen molar-refractivity contribution in [3.63, 3.8) is 0 Å². The summed E-state index contributed by atoms with van der Waals surface area (Å²) < 4.78 is 0. The van der Waals surface area contributed by atoms with Gasteiger partial charge in [0.1, 0.15) is 5.75 Å². The first-order valence-corrected chi connectivity index (χ1v) is 6.33. The Morgan fingerprint density at radius 3 is 2.76 bits per heavy atom. The Hall–Kier alpha value is -1.22. The van der Waals surface area contributed by atoms with Gasteiger partial charge in [0.15, 0.2) is 0 Å². The third-order valence-electron chi connectivity index (χ3n) is 3.03. The number of phenols is 1. The van der Waals surface area contributed by atoms with Crippen LogP contribution in [0.15, 0.2) is 18.2 Å². The Kier molecular flexibility index (Phi) is 3.57. The summed E-state index contributed by atoms with van der Waals surface area (Å²) in [6.45, 7) is 2.38. The molecule has 1 amide bonds. The van der Waals surface area contributed by atoms with E-state index < -0.39 is 0 Å². The minimum Gasteiger partial charge on any atom is -0.508 e. The molecule has 92 valence electrons. The van der Waals surface area contributed by atoms with Gasteiger partial charge >= 0.3 is 0 Å². The molecule has 1 aromatic carbocycles. The molecule has 0 unspecified atom stereocenters. The summed E-state index contributed by atoms with van der Waals surface area (Å²) in [4.78, 5) is 14.0. The molecule has 0 aliphatic heterocycles. The Morgan fingerprint density at radius 1 is 1.53 bits per heavy atom. The molecular formula is C13H16ClNO2. The molecule has 0 spiro atoms. The van der Waals surface area contributed by atoms with Gasteiger partial charge in [-0.3, -0.25) is 4.79 Å². The molecule has 0 aromatic heterocycles. The zero-order valence-electron chi connectivity index (χ0n) is 9.82. The number of carbonyl (C=O) groups is 1. The van der Waals surface area contributed by atoms with Crippen LogP contribution in [0.2, 0.25) is 0 Å². The van der Waals surface area contributed by atoms with Crippen LogP contribution in [0.5, 0.6) is 5.75 Å². The molecule has 1 aromatic rings. The van der Waals surface area contributed by atoms with E-state index in [1.807, 2.05) is 0 Å². The van der Waals surface area contributed by atoms with Gasteiger partial charge in [-0.2, -0.15) is 0 Å². The van der Waals surface area contributed by atoms with E-state index in [1.54, 1.807) is 24.0 Å². The smallest absolute Gasteiger partial charge is 0.254 e. The van der Waals surface area contributed by atoms with E-state index >= 15 is 0 Å². The largest absolute Gasteiger partial charge is 0.508 e. The maximum absolute atomic E-state index is 12.2. The van der Waals surface area contributed by atoms with E-state index in [-0.39, 0.29) is 11.7 Å². The van der Waals surface area contributed by atoms with Gasteiger partial charge in [-0.15, -0.1) is 11.6 Å². The van der Waals surface area contributed by atoms with Crippen LogP contribution >= 0.6 is 11.6 Å². The molecule has 0 bridgehead atoms. The average molecular weight is 254 g/mol. The van der Waals surface area contributed by atoms with E-state index in [9.17, 15) is 9.90 Å². The highest BCUT2D eigenvalue weighted by Crippen LogP contribution is 2.29. The van der Waals surface area contributed by atoms with E-state index in [4.69, 9.17) is 11.6 Å². The van der Waals surface area contributed by atoms with E-state index in [1.165, 1.54) is 6.07 Å². The molecule has 3 nitrogen and oxygen atoms in total. The molecule has 1 saturated carbocycles. The van der Waals surface area contributed by atoms with Crippen LogP contribution in [-0.4, -0.2) is 34.4 Å². The van der Waals surface area contributed by atoms with Crippen LogP contribution in [-0.2, 0) is 0 Å². The molecule has 17 heavy (non-hydrogen) atoms. The van der Waals surface area contributed by atoms with Crippen molar-refractivity contribution in [3.05, 3.63) is 29.3 Å². The van der Waals surface area contributed by atoms with Gasteiger partial charge in [0.05, 0.1) is 0 Å². The molecule has 0 saturated heterocycles. The molecule has 4 heteroatoms. The summed E-state index contributed by atoms with van der Waals surface area (Å²) in [5, 5.41) is 9.62. The second kappa shape index (κ2) is 4.96. The predicted octanol–water partition coefficient (Wildman–Crippen LogP) is 2.54. The lowest BCUT2D eigenvalue weighted by molar-refractivity contribution is 0.0753. The fourth-order valence-corrected chi connectivity index (χ4v) is 2.02. The Morgan fingerprint density at radius 2 is 2.24 bits per heavy atom. The van der Waals surface area contributed by atoms with Gasteiger partial charge in [-0.05, 0) is 37.5 Å². The summed E-state index contributed by atoms with van der Waals surface area (Å²) in [6.07, 6.45) is 2.11. The maximum Gasteiger partial charge on any atom is 0.254 e. The highest BCUT2D eigenvalue weighted by molar-refractivity contribution is 6.18. The quantitative estimate of drug-likeness (QED) is 0.838. The monoisotopic (exact) mass is 253 g/mol. The van der Waals surface area contributed by atoms with Gasteiger partial charge < -0.3 is 10.0 Å². The van der Waals surface area contributed by atoms with Gasteiger partial charge in [0.2, 0.25) is 0 Å². The number of aryl methyl sites for hydroxylation is 1. The number of hydrogen-bond donors (Lipinski definition) is 1. The zero-order chi connectivity index (χ0) is 12.4. The Labute approximate surface area is 106 Å². The highest BCUT2D eigenvalue weighted by atomic mass is 35.5. The van der Waals surface area contributed by atoms with Gasteiger partial charge in [-0.25, -0.2) is 0 Å². The number of carbonyl (C=O) groups excluding carboxylic acids is 1. The lowest BCUT2D eigenvalue weighted by Gasteiger charge is -2.21. The van der Waals surface area contributed by atoms with Crippen LogP contribution < -0.4 is 0 Å². The highest BCUT2D eigenvalue weighted by Gasteiger charge is 2.32. The van der Waals surface area contributed by atoms with Crippen molar-refractivity contribution < 1.29 is 9.90 Å². The van der Waals surface area contributed by atoms with Gasteiger partial charge in [0.25, 0.3) is 5.91 Å². The molecule has 0 atom stereocenters. The molecule has 2 rings (SSSR count). The summed E-state index contributed by atoms with van der Waals surface area (Å²) in [7, 11) is 0. The van der Waals surface area contributed by atoms with Crippen molar-refractivity contribution in [2.75, 3.05) is 12.4 Å². The molecular weight excluding hydrogens is 238 g/mol. The molecule has 0 heterocycles. The lowest BCUT2D eigenvalue weighted by atomic mass is 10.1. The number of alkyl halides is 1. The number of halogens is 1. The second-order valence-electron chi connectivity index (χ2n) is 4.42. The van der Waals surface area contributed by atoms with Crippen LogP contribution in [0.4, 0.5) is 0 Å². The van der Waals surface area contributed by atoms with Gasteiger partial charge in [0, 0.05) is 24.0 Å². The van der Waals surface area contributed by atoms with E-state index in [0.717, 1.165) is 18.4 Å². The number of benzene rings is 1. The van der Waals surface area contributed by atoms with Crippen molar-refractivity contribution in [2.45, 2.75) is 25.8 Å². The zero-order valence-corrected chi connectivity index (χ0v) is 10.6. The first-order chi connectivity index (χ1) is 8.13. The number of hydrogen-bond acceptors (Lipinski definition) is 2. The normalized spacial score (nSPS) is 14.7. The fourth-order valence-electron chi connectivity index (χ4n) is 1.84. The van der Waals surface area contributed by atoms with Crippen LogP contribution in [0, 0.1) is 6.92 Å². The van der Waals surface area contributed by atoms with Crippen LogP contribution in [0.1, 0.15) is 28.8 Å². The average Bonchev–Trinajstić information content (AvgIpc) is 3.13. The predicted molar refractivity (Wildman–Crippen MR) is 67.6 cm³/mol. The van der Waals surface area contributed by atoms with Crippen molar-refractivity contribution >= 4 is 17.5 Å². The fraction of sp³-hybridized carbons (Fsp3) is 0.462. The van der Waals surface area contributed by atoms with E-state index in [2.05, 4.69) is 0 Å². The standard InChI is InChI=1S/C13H16ClNO2/c1-9-2-3-10(8-12(9)16)13(17)15(7-6-14)11-4-5-11/h2-3,8,11,16H,4-7H2,1H3. The van der Waals surface area contributed by atoms with E-state index in [0.29, 0.717) is 24.0 Å². The lowest BCUT2D eigenvalue weighted by Crippen LogP contribution is -2.34. The first-order valence-electron chi connectivity index (χ1n) is 5.80. The third-order valence-corrected chi connectivity index (χ3v) is 3.20. The molecule has 1 aliphatic carbocycles. The van der Waals surface area contributed by atoms with Crippen LogP contribution in [0.25, 0.3) is 0 Å². The Balaban J connectivity index is 2.19. The SMILES string of the molecule is Cc1ccc(C(=O)N(CCCl)C2CC2)cc1O. The summed E-state index contributed by atoms with van der Waals surface area (Å²) in [6, 6.07) is 5.38. The van der Waals surface area contributed by atoms with Crippen LogP contribution in [0.3, 0.4) is 0 Å². The number of rotatable bonds is 4. The number of aromatic hydroxyl groups is 1. The maximum atomic E-state index is 12.2. The van der Waals surface area contributed by atoms with Crippen molar-refractivity contribution in [3.8, 4) is 5.75 Å². The van der Waals surface area contributed by atoms with Gasteiger partial charge in [-0.1, -0.05) is 6.07 Å². The summed E-state index contributed by atoms with van der Waals surface area (Å²) in [5.74, 6) is 0.570. The molecule has 1 fully saturated rings. The second-order valence-corrected chi connectivity index (χ2v) is 4.80. The minimum absolute atomic E-state index is 0.0385. The first kappa shape index (κ1) is 12.2. The van der Waals surface area contributed by atoms with Crippen molar-refractivity contribution in [1.29, 1.82) is 0 Å². The van der Waals surface area contributed by atoms with Crippen molar-refractivity contribution in [2.24, 2.45) is 0 Å². The molecule has 1 N–H and O–H groups in total. The number of amides is 1. The minimum atomic E-state index is -0.0385. The Bertz CT molecular complexity index is 429. The topological polar surface area (TPSA) is 40.5 Å². The number of nitrogens with zero attached hydrogens (tertiary/aromatic N) is 1. The summed E-state index contributed by atoms with van der Waals surface area (Å²) >= 11 is 5.71. The van der Waals surface area contributed by atoms with Crippen molar-refractivity contribution in [1.82, 2.24) is 4.90 Å². The molecule has 1 aliphatic rings. The summed E-state index contributed by atoms with van der Waals surface area (Å²) in [5.41, 5.74) is 1.31.